The van der Waals surface area contributed by atoms with E-state index in [-0.39, 0.29) is 24.2 Å². The van der Waals surface area contributed by atoms with Crippen LogP contribution in [0.25, 0.3) is 11.0 Å². The van der Waals surface area contributed by atoms with Crippen molar-refractivity contribution in [2.24, 2.45) is 0 Å². The number of piperazine rings is 1. The number of benzene rings is 1. The maximum Gasteiger partial charge on any atom is 0.407 e. The van der Waals surface area contributed by atoms with Gasteiger partial charge < -0.3 is 29.2 Å². The van der Waals surface area contributed by atoms with Crippen LogP contribution in [0.15, 0.2) is 28.7 Å². The number of hydrogen-bond donors (Lipinski definition) is 2. The summed E-state index contributed by atoms with van der Waals surface area (Å²) in [4.78, 5) is 24.2. The summed E-state index contributed by atoms with van der Waals surface area (Å²) in [5.41, 5.74) is 0.589. The average Bonchev–Trinajstić information content (AvgIpc) is 3.06. The van der Waals surface area contributed by atoms with Gasteiger partial charge >= 0.3 is 12.1 Å². The topological polar surface area (TPSA) is 101 Å². The smallest absolute Gasteiger partial charge is 0.407 e. The van der Waals surface area contributed by atoms with Crippen LogP contribution in [0, 0.1) is 0 Å². The van der Waals surface area contributed by atoms with Gasteiger partial charge in [-0.1, -0.05) is 0 Å². The molecule has 8 nitrogen and oxygen atoms in total. The number of fused-ring (bicyclic) bond motifs is 1. The van der Waals surface area contributed by atoms with Gasteiger partial charge in [-0.2, -0.15) is 0 Å². The molecule has 1 aliphatic heterocycles. The second kappa shape index (κ2) is 9.48. The molecule has 1 atom stereocenters. The van der Waals surface area contributed by atoms with E-state index in [2.05, 4.69) is 5.32 Å². The summed E-state index contributed by atoms with van der Waals surface area (Å²) in [5.74, 6) is 0.344. The zero-order valence-corrected chi connectivity index (χ0v) is 15.8. The van der Waals surface area contributed by atoms with Crippen molar-refractivity contribution in [1.29, 1.82) is 0 Å². The van der Waals surface area contributed by atoms with Gasteiger partial charge in [-0.05, 0) is 37.6 Å². The van der Waals surface area contributed by atoms with Crippen LogP contribution in [0.2, 0.25) is 0 Å². The number of carbonyl (C=O) groups is 2. The van der Waals surface area contributed by atoms with Crippen molar-refractivity contribution in [3.63, 3.8) is 0 Å². The van der Waals surface area contributed by atoms with Crippen molar-refractivity contribution in [3.8, 4) is 5.75 Å². The molecule has 2 N–H and O–H groups in total. The summed E-state index contributed by atoms with van der Waals surface area (Å²) in [6, 6.07) is 7.04. The lowest BCUT2D eigenvalue weighted by Crippen LogP contribution is -2.52. The zero-order chi connectivity index (χ0) is 18.5. The zero-order valence-electron chi connectivity index (χ0n) is 15.0. The Bertz CT molecular complexity index is 793. The van der Waals surface area contributed by atoms with Crippen LogP contribution < -0.4 is 10.1 Å². The maximum atomic E-state index is 11.7. The lowest BCUT2D eigenvalue weighted by atomic mass is 10.1. The molecule has 1 saturated heterocycles. The van der Waals surface area contributed by atoms with Gasteiger partial charge in [0.15, 0.2) is 0 Å². The highest BCUT2D eigenvalue weighted by molar-refractivity contribution is 5.92. The Morgan fingerprint density at radius 2 is 2.19 bits per heavy atom. The highest BCUT2D eigenvalue weighted by Gasteiger charge is 2.22. The van der Waals surface area contributed by atoms with Crippen molar-refractivity contribution < 1.29 is 28.6 Å². The van der Waals surface area contributed by atoms with Crippen LogP contribution in [0.1, 0.15) is 23.9 Å². The third kappa shape index (κ3) is 5.27. The van der Waals surface area contributed by atoms with E-state index < -0.39 is 12.1 Å². The highest BCUT2D eigenvalue weighted by Crippen LogP contribution is 2.25. The Hall–Kier alpha value is -2.45. The molecule has 0 bridgehead atoms. The Morgan fingerprint density at radius 3 is 2.93 bits per heavy atom. The van der Waals surface area contributed by atoms with Crippen LogP contribution in [-0.4, -0.2) is 61.0 Å². The van der Waals surface area contributed by atoms with E-state index in [1.807, 2.05) is 0 Å². The van der Waals surface area contributed by atoms with E-state index in [0.29, 0.717) is 50.6 Å². The Morgan fingerprint density at radius 1 is 1.37 bits per heavy atom. The molecule has 2 aromatic rings. The molecule has 0 spiro atoms. The fraction of sp³-hybridized carbons (Fsp3) is 0.444. The van der Waals surface area contributed by atoms with Crippen molar-refractivity contribution >= 4 is 35.4 Å². The predicted octanol–water partition coefficient (Wildman–Crippen LogP) is 2.75. The standard InChI is InChI=1S/C18H22N2O6.ClH/c1-2-24-17(21)16-10-12-9-14(3-4-15(12)26-16)25-8-5-13-11-20(18(22)23)7-6-19-13;/h3-4,9-10,13,19H,2,5-8,11H2,1H3,(H,22,23);1H/t13-;/m1./s1. The Kier molecular flexibility index (Phi) is 7.32. The van der Waals surface area contributed by atoms with E-state index in [1.165, 1.54) is 4.90 Å². The van der Waals surface area contributed by atoms with Crippen molar-refractivity contribution in [1.82, 2.24) is 10.2 Å². The van der Waals surface area contributed by atoms with Gasteiger partial charge in [-0.15, -0.1) is 12.4 Å². The van der Waals surface area contributed by atoms with E-state index in [0.717, 1.165) is 5.39 Å². The summed E-state index contributed by atoms with van der Waals surface area (Å²) in [6.45, 7) is 4.10. The molecule has 1 aromatic heterocycles. The van der Waals surface area contributed by atoms with Crippen molar-refractivity contribution in [2.75, 3.05) is 32.8 Å². The Balaban J connectivity index is 0.00000261. The van der Waals surface area contributed by atoms with E-state index >= 15 is 0 Å². The van der Waals surface area contributed by atoms with Gasteiger partial charge in [0.1, 0.15) is 11.3 Å². The number of amides is 1. The molecule has 1 fully saturated rings. The first-order chi connectivity index (χ1) is 12.6. The third-order valence-electron chi connectivity index (χ3n) is 4.23. The number of carbonyl (C=O) groups excluding carboxylic acids is 1. The minimum Gasteiger partial charge on any atom is -0.494 e. The number of rotatable bonds is 6. The first kappa shape index (κ1) is 20.9. The quantitative estimate of drug-likeness (QED) is 0.721. The summed E-state index contributed by atoms with van der Waals surface area (Å²) in [6.07, 6.45) is -0.193. The van der Waals surface area contributed by atoms with Gasteiger partial charge in [-0.25, -0.2) is 9.59 Å². The molecule has 148 valence electrons. The number of esters is 1. The SMILES string of the molecule is CCOC(=O)c1cc2cc(OCC[C@@H]3CN(C(=O)O)CCN3)ccc2o1.Cl. The minimum absolute atomic E-state index is 0. The predicted molar refractivity (Wildman–Crippen MR) is 101 cm³/mol. The molecule has 0 saturated carbocycles. The van der Waals surface area contributed by atoms with Gasteiger partial charge in [0, 0.05) is 31.1 Å². The fourth-order valence-corrected chi connectivity index (χ4v) is 2.93. The normalized spacial score (nSPS) is 16.6. The molecule has 3 rings (SSSR count). The lowest BCUT2D eigenvalue weighted by Gasteiger charge is -2.31. The minimum atomic E-state index is -0.889. The first-order valence-electron chi connectivity index (χ1n) is 8.61. The van der Waals surface area contributed by atoms with Crippen LogP contribution in [-0.2, 0) is 4.74 Å². The second-order valence-corrected chi connectivity index (χ2v) is 6.05. The number of ether oxygens (including phenoxy) is 2. The number of nitrogens with zero attached hydrogens (tertiary/aromatic N) is 1. The summed E-state index contributed by atoms with van der Waals surface area (Å²) in [7, 11) is 0. The van der Waals surface area contributed by atoms with Gasteiger partial charge in [0.25, 0.3) is 0 Å². The lowest BCUT2D eigenvalue weighted by molar-refractivity contribution is 0.0492. The van der Waals surface area contributed by atoms with Gasteiger partial charge in [0.05, 0.1) is 13.2 Å². The molecule has 2 heterocycles. The molecule has 27 heavy (non-hydrogen) atoms. The summed E-state index contributed by atoms with van der Waals surface area (Å²) < 4.78 is 16.2. The van der Waals surface area contributed by atoms with Crippen LogP contribution in [0.3, 0.4) is 0 Å². The van der Waals surface area contributed by atoms with Crippen molar-refractivity contribution in [3.05, 3.63) is 30.0 Å². The first-order valence-corrected chi connectivity index (χ1v) is 8.61. The van der Waals surface area contributed by atoms with Crippen LogP contribution >= 0.6 is 12.4 Å². The summed E-state index contributed by atoms with van der Waals surface area (Å²) in [5, 5.41) is 13.1. The fourth-order valence-electron chi connectivity index (χ4n) is 2.93. The molecular formula is C18H23ClN2O6. The Labute approximate surface area is 162 Å². The van der Waals surface area contributed by atoms with Gasteiger partial charge in [0.2, 0.25) is 5.76 Å². The van der Waals surface area contributed by atoms with Gasteiger partial charge in [-0.3, -0.25) is 0 Å². The number of furan rings is 1. The molecular weight excluding hydrogens is 376 g/mol. The molecule has 0 aliphatic carbocycles. The largest absolute Gasteiger partial charge is 0.494 e. The second-order valence-electron chi connectivity index (χ2n) is 6.05. The highest BCUT2D eigenvalue weighted by atomic mass is 35.5. The molecule has 1 aromatic carbocycles. The molecule has 0 unspecified atom stereocenters. The monoisotopic (exact) mass is 398 g/mol. The van der Waals surface area contributed by atoms with Crippen molar-refractivity contribution in [2.45, 2.75) is 19.4 Å². The average molecular weight is 399 g/mol. The van der Waals surface area contributed by atoms with Crippen LogP contribution in [0.4, 0.5) is 4.79 Å². The third-order valence-corrected chi connectivity index (χ3v) is 4.23. The number of halogens is 1. The number of nitrogens with one attached hydrogen (secondary N) is 1. The van der Waals surface area contributed by atoms with E-state index in [9.17, 15) is 9.59 Å². The van der Waals surface area contributed by atoms with E-state index in [4.69, 9.17) is 19.0 Å². The van der Waals surface area contributed by atoms with Crippen LogP contribution in [0.5, 0.6) is 5.75 Å². The molecule has 1 amide bonds. The number of hydrogen-bond acceptors (Lipinski definition) is 6. The van der Waals surface area contributed by atoms with E-state index in [1.54, 1.807) is 31.2 Å². The molecule has 9 heteroatoms. The summed E-state index contributed by atoms with van der Waals surface area (Å²) >= 11 is 0. The molecule has 0 radical (unpaired) electrons. The maximum absolute atomic E-state index is 11.7. The number of carboxylic acid groups (broad SMARTS) is 1. The molecule has 1 aliphatic rings.